The van der Waals surface area contributed by atoms with Crippen LogP contribution in [0.2, 0.25) is 0 Å². The molecule has 0 heterocycles. The summed E-state index contributed by atoms with van der Waals surface area (Å²) in [6.45, 7) is 6.76. The first-order valence-corrected chi connectivity index (χ1v) is 9.22. The zero-order valence-corrected chi connectivity index (χ0v) is 14.0. The topological polar surface area (TPSA) is 69.4 Å². The lowest BCUT2D eigenvalue weighted by Gasteiger charge is -2.39. The molecular weight excluding hydrogens is 286 g/mol. The fraction of sp³-hybridized carbons (Fsp3) is 0.625. The van der Waals surface area contributed by atoms with Crippen LogP contribution in [0.25, 0.3) is 0 Å². The van der Waals surface area contributed by atoms with Gasteiger partial charge in [-0.05, 0) is 48.8 Å². The summed E-state index contributed by atoms with van der Waals surface area (Å²) >= 11 is 0. The van der Waals surface area contributed by atoms with E-state index in [0.29, 0.717) is 17.4 Å². The molecular formula is C16H25NO3S. The Bertz CT molecular complexity index is 622. The molecule has 0 saturated heterocycles. The highest BCUT2D eigenvalue weighted by Crippen LogP contribution is 2.40. The van der Waals surface area contributed by atoms with Crippen molar-refractivity contribution in [3.05, 3.63) is 18.2 Å². The first-order valence-electron chi connectivity index (χ1n) is 7.33. The molecule has 0 radical (unpaired) electrons. The Balaban J connectivity index is 2.17. The second-order valence-electron chi connectivity index (χ2n) is 7.12. The molecule has 0 bridgehead atoms. The summed E-state index contributed by atoms with van der Waals surface area (Å²) in [6, 6.07) is 4.69. The smallest absolute Gasteiger partial charge is 0.175 e. The Morgan fingerprint density at radius 2 is 1.95 bits per heavy atom. The number of benzene rings is 1. The van der Waals surface area contributed by atoms with Gasteiger partial charge in [0.2, 0.25) is 0 Å². The van der Waals surface area contributed by atoms with Crippen molar-refractivity contribution < 1.29 is 13.2 Å². The average Bonchev–Trinajstić information content (AvgIpc) is 2.27. The summed E-state index contributed by atoms with van der Waals surface area (Å²) in [5, 5.41) is 0. The van der Waals surface area contributed by atoms with Crippen molar-refractivity contribution in [1.82, 2.24) is 0 Å². The van der Waals surface area contributed by atoms with Crippen LogP contribution in [0, 0.1) is 11.3 Å². The van der Waals surface area contributed by atoms with E-state index in [0.717, 1.165) is 12.8 Å². The molecule has 0 aromatic heterocycles. The van der Waals surface area contributed by atoms with Crippen LogP contribution in [0.3, 0.4) is 0 Å². The van der Waals surface area contributed by atoms with Crippen LogP contribution in [0.1, 0.15) is 40.0 Å². The molecule has 1 aromatic carbocycles. The van der Waals surface area contributed by atoms with E-state index in [-0.39, 0.29) is 16.4 Å². The fourth-order valence-electron chi connectivity index (χ4n) is 3.39. The molecule has 4 nitrogen and oxygen atoms in total. The lowest BCUT2D eigenvalue weighted by molar-refractivity contribution is 0.0567. The third kappa shape index (κ3) is 4.13. The summed E-state index contributed by atoms with van der Waals surface area (Å²) in [7, 11) is -3.24. The van der Waals surface area contributed by atoms with E-state index >= 15 is 0 Å². The molecule has 118 valence electrons. The van der Waals surface area contributed by atoms with Crippen LogP contribution in [0.15, 0.2) is 23.1 Å². The quantitative estimate of drug-likeness (QED) is 0.870. The number of rotatable bonds is 3. The van der Waals surface area contributed by atoms with Crippen LogP contribution in [-0.4, -0.2) is 20.8 Å². The maximum atomic E-state index is 11.5. The van der Waals surface area contributed by atoms with Crippen LogP contribution in [0.5, 0.6) is 5.75 Å². The van der Waals surface area contributed by atoms with Gasteiger partial charge in [0.1, 0.15) is 5.75 Å². The first-order chi connectivity index (χ1) is 9.57. The molecule has 2 unspecified atom stereocenters. The summed E-state index contributed by atoms with van der Waals surface area (Å²) in [4.78, 5) is 0.227. The third-order valence-corrected chi connectivity index (χ3v) is 5.16. The Hall–Kier alpha value is -1.23. The van der Waals surface area contributed by atoms with E-state index in [4.69, 9.17) is 10.5 Å². The average molecular weight is 311 g/mol. The van der Waals surface area contributed by atoms with E-state index < -0.39 is 9.84 Å². The lowest BCUT2D eigenvalue weighted by atomic mass is 9.71. The van der Waals surface area contributed by atoms with Gasteiger partial charge < -0.3 is 10.5 Å². The van der Waals surface area contributed by atoms with Crippen LogP contribution >= 0.6 is 0 Å². The molecule has 0 amide bonds. The maximum Gasteiger partial charge on any atom is 0.175 e. The molecule has 0 spiro atoms. The number of hydrogen-bond donors (Lipinski definition) is 1. The van der Waals surface area contributed by atoms with E-state index in [1.165, 1.54) is 18.7 Å². The normalized spacial score (nSPS) is 25.5. The van der Waals surface area contributed by atoms with Gasteiger partial charge in [0.25, 0.3) is 0 Å². The molecule has 1 aliphatic rings. The predicted octanol–water partition coefficient (Wildman–Crippen LogP) is 3.27. The highest BCUT2D eigenvalue weighted by atomic mass is 32.2. The highest BCUT2D eigenvalue weighted by Gasteiger charge is 2.33. The second-order valence-corrected chi connectivity index (χ2v) is 9.14. The van der Waals surface area contributed by atoms with Gasteiger partial charge in [-0.25, -0.2) is 8.42 Å². The van der Waals surface area contributed by atoms with Gasteiger partial charge in [-0.3, -0.25) is 0 Å². The standard InChI is InChI=1S/C16H25NO3S/c1-11-7-12(10-16(2,3)9-11)20-15-6-5-13(8-14(15)17)21(4,18)19/h5-6,8,11-12H,7,9-10,17H2,1-4H3. The number of anilines is 1. The number of hydrogen-bond acceptors (Lipinski definition) is 4. The van der Waals surface area contributed by atoms with Gasteiger partial charge in [0.15, 0.2) is 9.84 Å². The summed E-state index contributed by atoms with van der Waals surface area (Å²) in [5.74, 6) is 1.20. The van der Waals surface area contributed by atoms with Gasteiger partial charge in [-0.1, -0.05) is 20.8 Å². The Morgan fingerprint density at radius 1 is 1.29 bits per heavy atom. The molecule has 2 rings (SSSR count). The van der Waals surface area contributed by atoms with E-state index in [1.54, 1.807) is 12.1 Å². The van der Waals surface area contributed by atoms with Gasteiger partial charge in [-0.15, -0.1) is 0 Å². The maximum absolute atomic E-state index is 11.5. The third-order valence-electron chi connectivity index (χ3n) is 4.05. The fourth-order valence-corrected chi connectivity index (χ4v) is 4.05. The lowest BCUT2D eigenvalue weighted by Crippen LogP contribution is -2.34. The molecule has 2 N–H and O–H groups in total. The van der Waals surface area contributed by atoms with Crippen LogP contribution in [-0.2, 0) is 9.84 Å². The van der Waals surface area contributed by atoms with E-state index in [2.05, 4.69) is 20.8 Å². The van der Waals surface area contributed by atoms with Gasteiger partial charge in [0, 0.05) is 6.26 Å². The van der Waals surface area contributed by atoms with Crippen molar-refractivity contribution in [2.45, 2.75) is 51.0 Å². The van der Waals surface area contributed by atoms with Crippen molar-refractivity contribution in [2.24, 2.45) is 11.3 Å². The number of ether oxygens (including phenoxy) is 1. The van der Waals surface area contributed by atoms with Gasteiger partial charge in [0.05, 0.1) is 16.7 Å². The number of nitrogen functional groups attached to an aromatic ring is 1. The molecule has 1 fully saturated rings. The monoisotopic (exact) mass is 311 g/mol. The van der Waals surface area contributed by atoms with Crippen molar-refractivity contribution in [3.8, 4) is 5.75 Å². The first kappa shape index (κ1) is 16.1. The minimum Gasteiger partial charge on any atom is -0.488 e. The molecule has 21 heavy (non-hydrogen) atoms. The van der Waals surface area contributed by atoms with E-state index in [1.807, 2.05) is 0 Å². The summed E-state index contributed by atoms with van der Waals surface area (Å²) < 4.78 is 29.1. The number of sulfone groups is 1. The molecule has 1 aliphatic carbocycles. The Kier molecular flexibility index (Phi) is 4.24. The van der Waals surface area contributed by atoms with Crippen molar-refractivity contribution >= 4 is 15.5 Å². The molecule has 1 aromatic rings. The minimum absolute atomic E-state index is 0.134. The summed E-state index contributed by atoms with van der Waals surface area (Å²) in [6.07, 6.45) is 4.51. The molecule has 2 atom stereocenters. The number of nitrogens with two attached hydrogens (primary N) is 1. The Labute approximate surface area is 127 Å². The highest BCUT2D eigenvalue weighted by molar-refractivity contribution is 7.90. The van der Waals surface area contributed by atoms with Gasteiger partial charge in [-0.2, -0.15) is 0 Å². The molecule has 5 heteroatoms. The Morgan fingerprint density at radius 3 is 2.48 bits per heavy atom. The van der Waals surface area contributed by atoms with Gasteiger partial charge >= 0.3 is 0 Å². The van der Waals surface area contributed by atoms with E-state index in [9.17, 15) is 8.42 Å². The zero-order valence-electron chi connectivity index (χ0n) is 13.2. The van der Waals surface area contributed by atoms with Crippen molar-refractivity contribution in [1.29, 1.82) is 0 Å². The minimum atomic E-state index is -3.24. The summed E-state index contributed by atoms with van der Waals surface area (Å²) in [5.41, 5.74) is 6.60. The van der Waals surface area contributed by atoms with Crippen molar-refractivity contribution in [2.75, 3.05) is 12.0 Å². The van der Waals surface area contributed by atoms with Crippen LogP contribution in [0.4, 0.5) is 5.69 Å². The van der Waals surface area contributed by atoms with Crippen molar-refractivity contribution in [3.63, 3.8) is 0 Å². The SMILES string of the molecule is CC1CC(Oc2ccc(S(C)(=O)=O)cc2N)CC(C)(C)C1. The largest absolute Gasteiger partial charge is 0.488 e. The molecule has 1 saturated carbocycles. The van der Waals surface area contributed by atoms with Crippen LogP contribution < -0.4 is 10.5 Å². The predicted molar refractivity (Wildman–Crippen MR) is 85.2 cm³/mol. The zero-order chi connectivity index (χ0) is 15.8. The molecule has 0 aliphatic heterocycles. The second kappa shape index (κ2) is 5.52.